The largest absolute Gasteiger partial charge is 0.465 e. The van der Waals surface area contributed by atoms with Crippen LogP contribution in [-0.4, -0.2) is 74.1 Å². The van der Waals surface area contributed by atoms with E-state index in [0.717, 1.165) is 27.7 Å². The van der Waals surface area contributed by atoms with Crippen molar-refractivity contribution < 1.29 is 23.1 Å². The van der Waals surface area contributed by atoms with Gasteiger partial charge in [-0.25, -0.2) is 18.2 Å². The van der Waals surface area contributed by atoms with Crippen LogP contribution in [0.15, 0.2) is 53.4 Å². The number of carboxylic acid groups (broad SMARTS) is 1. The molecule has 35 heavy (non-hydrogen) atoms. The minimum absolute atomic E-state index is 0.0152. The third-order valence-electron chi connectivity index (χ3n) is 6.50. The summed E-state index contributed by atoms with van der Waals surface area (Å²) < 4.78 is 31.4. The highest BCUT2D eigenvalue weighted by Gasteiger charge is 2.27. The van der Waals surface area contributed by atoms with Crippen molar-refractivity contribution in [3.8, 4) is 0 Å². The number of anilines is 2. The molecule has 2 N–H and O–H groups in total. The van der Waals surface area contributed by atoms with Gasteiger partial charge in [0.2, 0.25) is 0 Å². The highest BCUT2D eigenvalue weighted by molar-refractivity contribution is 7.91. The van der Waals surface area contributed by atoms with Crippen molar-refractivity contribution in [1.29, 1.82) is 0 Å². The minimum atomic E-state index is -3.37. The summed E-state index contributed by atoms with van der Waals surface area (Å²) in [7, 11) is -3.37. The van der Waals surface area contributed by atoms with Gasteiger partial charge in [-0.15, -0.1) is 0 Å². The monoisotopic (exact) mass is 496 g/mol. The van der Waals surface area contributed by atoms with Gasteiger partial charge in [0.15, 0.2) is 9.84 Å². The van der Waals surface area contributed by atoms with Crippen LogP contribution in [0.3, 0.4) is 0 Å². The van der Waals surface area contributed by atoms with Gasteiger partial charge in [0.1, 0.15) is 5.82 Å². The van der Waals surface area contributed by atoms with E-state index in [-0.39, 0.29) is 11.9 Å². The number of nitrogens with zero attached hydrogens (tertiary/aromatic N) is 3. The average Bonchev–Trinajstić information content (AvgIpc) is 2.98. The number of amides is 1. The zero-order chi connectivity index (χ0) is 24.6. The number of pyridine rings is 1. The summed E-state index contributed by atoms with van der Waals surface area (Å²) in [6.45, 7) is 4.27. The lowest BCUT2D eigenvalue weighted by Gasteiger charge is -2.31. The molecule has 0 saturated carbocycles. The van der Waals surface area contributed by atoms with Crippen molar-refractivity contribution in [3.05, 3.63) is 59.7 Å². The van der Waals surface area contributed by atoms with Crippen LogP contribution in [0.1, 0.15) is 11.1 Å². The number of fused-ring (bicyclic) bond motifs is 2. The number of aryl methyl sites for hydroxylation is 1. The second kappa shape index (κ2) is 9.35. The van der Waals surface area contributed by atoms with Gasteiger partial charge in [-0.2, -0.15) is 0 Å². The Labute approximate surface area is 204 Å². The average molecular weight is 497 g/mol. The van der Waals surface area contributed by atoms with Crippen LogP contribution in [0, 0.1) is 6.92 Å². The molecule has 0 radical (unpaired) electrons. The number of sulfone groups is 1. The van der Waals surface area contributed by atoms with E-state index in [1.165, 1.54) is 4.90 Å². The fraction of sp³-hybridized carbons (Fsp3) is 0.360. The standard InChI is InChI=1S/C25H28N4O5S/c1-17-6-7-21-20(12-17)22(26-14-19-16-29(25(30)31)8-10-34-19)13-24(27-21)28-9-11-35(32,33)23-5-3-2-4-18(23)15-28/h2-7,12-13,19H,8-11,14-16H2,1H3,(H,26,27)(H,30,31). The lowest BCUT2D eigenvalue weighted by Crippen LogP contribution is -2.47. The molecule has 9 nitrogen and oxygen atoms in total. The molecule has 10 heteroatoms. The molecule has 2 aliphatic rings. The van der Waals surface area contributed by atoms with Crippen molar-refractivity contribution in [2.24, 2.45) is 0 Å². The molecule has 1 unspecified atom stereocenters. The third-order valence-corrected chi connectivity index (χ3v) is 8.29. The van der Waals surface area contributed by atoms with E-state index < -0.39 is 15.9 Å². The summed E-state index contributed by atoms with van der Waals surface area (Å²) >= 11 is 0. The van der Waals surface area contributed by atoms with Gasteiger partial charge in [-0.1, -0.05) is 29.8 Å². The first-order chi connectivity index (χ1) is 16.8. The van der Waals surface area contributed by atoms with E-state index in [1.54, 1.807) is 12.1 Å². The molecular formula is C25H28N4O5S. The Morgan fingerprint density at radius 1 is 1.20 bits per heavy atom. The van der Waals surface area contributed by atoms with Crippen molar-refractivity contribution in [3.63, 3.8) is 0 Å². The molecular weight excluding hydrogens is 468 g/mol. The van der Waals surface area contributed by atoms with E-state index in [0.29, 0.717) is 50.0 Å². The van der Waals surface area contributed by atoms with Gasteiger partial charge >= 0.3 is 6.09 Å². The lowest BCUT2D eigenvalue weighted by molar-refractivity contribution is -0.0147. The maximum atomic E-state index is 12.8. The number of ether oxygens (including phenoxy) is 1. The summed E-state index contributed by atoms with van der Waals surface area (Å²) in [5, 5.41) is 13.7. The number of nitrogens with one attached hydrogen (secondary N) is 1. The molecule has 0 aliphatic carbocycles. The smallest absolute Gasteiger partial charge is 0.407 e. The van der Waals surface area contributed by atoms with E-state index >= 15 is 0 Å². The van der Waals surface area contributed by atoms with Gasteiger partial charge in [-0.3, -0.25) is 0 Å². The number of aromatic nitrogens is 1. The van der Waals surface area contributed by atoms with E-state index in [1.807, 2.05) is 42.2 Å². The van der Waals surface area contributed by atoms with E-state index in [4.69, 9.17) is 9.72 Å². The summed E-state index contributed by atoms with van der Waals surface area (Å²) in [6, 6.07) is 15.1. The Morgan fingerprint density at radius 3 is 2.86 bits per heavy atom. The van der Waals surface area contributed by atoms with Crippen LogP contribution in [-0.2, 0) is 21.1 Å². The minimum Gasteiger partial charge on any atom is -0.465 e. The predicted molar refractivity (Wildman–Crippen MR) is 134 cm³/mol. The van der Waals surface area contributed by atoms with E-state index in [9.17, 15) is 18.3 Å². The van der Waals surface area contributed by atoms with Crippen molar-refractivity contribution >= 4 is 38.3 Å². The van der Waals surface area contributed by atoms with Crippen LogP contribution >= 0.6 is 0 Å². The summed E-state index contributed by atoms with van der Waals surface area (Å²) in [5.74, 6) is 0.703. The van der Waals surface area contributed by atoms with E-state index in [2.05, 4.69) is 11.4 Å². The molecule has 5 rings (SSSR count). The number of hydrogen-bond acceptors (Lipinski definition) is 7. The van der Waals surface area contributed by atoms with Crippen molar-refractivity contribution in [2.45, 2.75) is 24.5 Å². The van der Waals surface area contributed by atoms with Crippen LogP contribution in [0.4, 0.5) is 16.3 Å². The van der Waals surface area contributed by atoms with Gasteiger partial charge < -0.3 is 25.0 Å². The van der Waals surface area contributed by atoms with Crippen molar-refractivity contribution in [1.82, 2.24) is 9.88 Å². The topological polar surface area (TPSA) is 112 Å². The molecule has 1 amide bonds. The summed E-state index contributed by atoms with van der Waals surface area (Å²) in [5.41, 5.74) is 3.50. The number of rotatable bonds is 4. The highest BCUT2D eigenvalue weighted by atomic mass is 32.2. The highest BCUT2D eigenvalue weighted by Crippen LogP contribution is 2.31. The maximum Gasteiger partial charge on any atom is 0.407 e. The fourth-order valence-electron chi connectivity index (χ4n) is 4.63. The van der Waals surface area contributed by atoms with Crippen LogP contribution < -0.4 is 10.2 Å². The molecule has 0 spiro atoms. The molecule has 1 fully saturated rings. The third kappa shape index (κ3) is 4.89. The Balaban J connectivity index is 1.46. The van der Waals surface area contributed by atoms with Gasteiger partial charge in [0, 0.05) is 43.3 Å². The fourth-order valence-corrected chi connectivity index (χ4v) is 6.13. The number of hydrogen-bond donors (Lipinski definition) is 2. The van der Waals surface area contributed by atoms with Crippen LogP contribution in [0.5, 0.6) is 0 Å². The molecule has 3 aromatic rings. The first kappa shape index (κ1) is 23.4. The lowest BCUT2D eigenvalue weighted by atomic mass is 10.1. The first-order valence-electron chi connectivity index (χ1n) is 11.6. The molecule has 2 aromatic carbocycles. The molecule has 1 atom stereocenters. The number of carbonyl (C=O) groups is 1. The normalized spacial score (nSPS) is 19.7. The second-order valence-electron chi connectivity index (χ2n) is 9.00. The molecule has 2 aliphatic heterocycles. The Morgan fingerprint density at radius 2 is 2.03 bits per heavy atom. The van der Waals surface area contributed by atoms with Crippen molar-refractivity contribution in [2.75, 3.05) is 48.8 Å². The predicted octanol–water partition coefficient (Wildman–Crippen LogP) is 3.13. The Bertz CT molecular complexity index is 1380. The molecule has 1 aromatic heterocycles. The first-order valence-corrected chi connectivity index (χ1v) is 13.3. The Hall–Kier alpha value is -3.37. The van der Waals surface area contributed by atoms with Crippen LogP contribution in [0.2, 0.25) is 0 Å². The van der Waals surface area contributed by atoms with Gasteiger partial charge in [0.05, 0.1) is 35.4 Å². The van der Waals surface area contributed by atoms with Crippen LogP contribution in [0.25, 0.3) is 10.9 Å². The zero-order valence-corrected chi connectivity index (χ0v) is 20.3. The summed E-state index contributed by atoms with van der Waals surface area (Å²) in [4.78, 5) is 20.0. The molecule has 184 valence electrons. The van der Waals surface area contributed by atoms with Gasteiger partial charge in [0.25, 0.3) is 0 Å². The molecule has 0 bridgehead atoms. The maximum absolute atomic E-state index is 12.8. The van der Waals surface area contributed by atoms with Gasteiger partial charge in [-0.05, 0) is 30.7 Å². The summed E-state index contributed by atoms with van der Waals surface area (Å²) in [6.07, 6.45) is -1.21. The number of morpholine rings is 1. The molecule has 1 saturated heterocycles. The zero-order valence-electron chi connectivity index (χ0n) is 19.5. The Kier molecular flexibility index (Phi) is 6.24. The molecule has 3 heterocycles. The second-order valence-corrected chi connectivity index (χ2v) is 11.1. The number of benzene rings is 2. The quantitative estimate of drug-likeness (QED) is 0.567. The SMILES string of the molecule is Cc1ccc2nc(N3CCS(=O)(=O)c4ccccc4C3)cc(NCC3CN(C(=O)O)CCO3)c2c1.